The van der Waals surface area contributed by atoms with Gasteiger partial charge in [0, 0.05) is 35.8 Å². The van der Waals surface area contributed by atoms with E-state index >= 15 is 0 Å². The Labute approximate surface area is 152 Å². The molecule has 0 N–H and O–H groups in total. The largest absolute Gasteiger partial charge is 0.497 e. The quantitative estimate of drug-likeness (QED) is 0.453. The first kappa shape index (κ1) is 21.9. The van der Waals surface area contributed by atoms with Gasteiger partial charge in [0.2, 0.25) is 0 Å². The number of rotatable bonds is 9. The topological polar surface area (TPSA) is 22.1 Å². The van der Waals surface area contributed by atoms with Gasteiger partial charge in [-0.05, 0) is 22.6 Å². The van der Waals surface area contributed by atoms with E-state index in [4.69, 9.17) is 9.72 Å². The Morgan fingerprint density at radius 1 is 0.750 bits per heavy atom. The van der Waals surface area contributed by atoms with Crippen molar-refractivity contribution >= 4 is 15.8 Å². The predicted octanol–water partition coefficient (Wildman–Crippen LogP) is 6.69. The molecule has 0 aliphatic rings. The third-order valence-corrected chi connectivity index (χ3v) is 11.2. The molecule has 0 unspecified atom stereocenters. The molecule has 2 nitrogen and oxygen atoms in total. The summed E-state index contributed by atoms with van der Waals surface area (Å²) < 4.78 is 5.57. The van der Waals surface area contributed by atoms with Crippen LogP contribution in [-0.2, 0) is 12.3 Å². The maximum absolute atomic E-state index is 5.57. The molecule has 0 spiro atoms. The smallest absolute Gasteiger partial charge is 0.122 e. The highest BCUT2D eigenvalue weighted by atomic mass is 31.1. The molecule has 0 fully saturated rings. The second kappa shape index (κ2) is 10.1. The molecular weight excluding hydrogens is 332 g/mol. The monoisotopic (exact) mass is 369 g/mol. The van der Waals surface area contributed by atoms with E-state index in [1.807, 2.05) is 0 Å². The summed E-state index contributed by atoms with van der Waals surface area (Å²) in [5, 5.41) is 0. The summed E-state index contributed by atoms with van der Waals surface area (Å²) >= 11 is 0. The molecular formula is C20H37NOP2. The van der Waals surface area contributed by atoms with Crippen molar-refractivity contribution in [3.8, 4) is 5.75 Å². The van der Waals surface area contributed by atoms with Crippen molar-refractivity contribution < 1.29 is 4.74 Å². The molecule has 0 aliphatic carbocycles. The van der Waals surface area contributed by atoms with Crippen LogP contribution in [0.1, 0.15) is 66.8 Å². The van der Waals surface area contributed by atoms with Gasteiger partial charge in [0.25, 0.3) is 0 Å². The van der Waals surface area contributed by atoms with Gasteiger partial charge in [0.05, 0.1) is 7.11 Å². The summed E-state index contributed by atoms with van der Waals surface area (Å²) in [5.41, 5.74) is 5.39. The van der Waals surface area contributed by atoms with Gasteiger partial charge in [0.1, 0.15) is 5.75 Å². The third-order valence-electron chi connectivity index (χ3n) is 4.48. The van der Waals surface area contributed by atoms with Crippen molar-refractivity contribution in [2.24, 2.45) is 0 Å². The first-order valence-corrected chi connectivity index (χ1v) is 12.5. The lowest BCUT2D eigenvalue weighted by Gasteiger charge is -2.27. The fourth-order valence-electron chi connectivity index (χ4n) is 3.20. The van der Waals surface area contributed by atoms with Gasteiger partial charge in [-0.3, -0.25) is 4.98 Å². The number of methoxy groups -OCH3 is 1. The summed E-state index contributed by atoms with van der Waals surface area (Å²) in [5.74, 6) is 0.972. The molecule has 1 aromatic heterocycles. The average Bonchev–Trinajstić information content (AvgIpc) is 2.48. The molecule has 0 saturated heterocycles. The number of hydrogen-bond donors (Lipinski definition) is 0. The zero-order chi connectivity index (χ0) is 18.4. The van der Waals surface area contributed by atoms with Crippen molar-refractivity contribution in [2.45, 2.75) is 90.3 Å². The standard InChI is InChI=1S/C20H37NOP2/c1-14(2)23(15(3)4)12-18-10-20(22-9)11-19(21-18)13-24(16(5)6)17(7)8/h10-11,14-17H,12-13H2,1-9H3. The lowest BCUT2D eigenvalue weighted by atomic mass is 10.3. The van der Waals surface area contributed by atoms with Gasteiger partial charge in [-0.25, -0.2) is 0 Å². The molecule has 1 aromatic rings. The van der Waals surface area contributed by atoms with Gasteiger partial charge in [-0.15, -0.1) is 0 Å². The molecule has 0 saturated carbocycles. The number of ether oxygens (including phenoxy) is 1. The summed E-state index contributed by atoms with van der Waals surface area (Å²) in [7, 11) is 1.68. The van der Waals surface area contributed by atoms with Gasteiger partial charge in [0.15, 0.2) is 0 Å². The first-order valence-electron chi connectivity index (χ1n) is 9.21. The molecule has 138 valence electrons. The zero-order valence-corrected chi connectivity index (χ0v) is 18.9. The molecule has 0 bridgehead atoms. The van der Waals surface area contributed by atoms with Gasteiger partial charge in [-0.2, -0.15) is 0 Å². The van der Waals surface area contributed by atoms with Crippen LogP contribution >= 0.6 is 15.8 Å². The summed E-state index contributed by atoms with van der Waals surface area (Å²) in [6.07, 6.45) is 2.21. The van der Waals surface area contributed by atoms with Gasteiger partial charge >= 0.3 is 0 Å². The van der Waals surface area contributed by atoms with E-state index in [0.717, 1.165) is 40.7 Å². The molecule has 1 rings (SSSR count). The lowest BCUT2D eigenvalue weighted by Crippen LogP contribution is -2.09. The molecule has 0 atom stereocenters. The third kappa shape index (κ3) is 6.61. The highest BCUT2D eigenvalue weighted by Gasteiger charge is 2.21. The van der Waals surface area contributed by atoms with Gasteiger partial charge in [-0.1, -0.05) is 71.2 Å². The molecule has 0 aromatic carbocycles. The van der Waals surface area contributed by atoms with Crippen molar-refractivity contribution in [3.63, 3.8) is 0 Å². The predicted molar refractivity (Wildman–Crippen MR) is 113 cm³/mol. The Kier molecular flexibility index (Phi) is 9.18. The van der Waals surface area contributed by atoms with Crippen molar-refractivity contribution in [1.82, 2.24) is 4.98 Å². The lowest BCUT2D eigenvalue weighted by molar-refractivity contribution is 0.413. The van der Waals surface area contributed by atoms with E-state index in [1.54, 1.807) is 7.11 Å². The maximum Gasteiger partial charge on any atom is 0.122 e. The van der Waals surface area contributed by atoms with Crippen molar-refractivity contribution in [1.29, 1.82) is 0 Å². The Hall–Kier alpha value is -0.190. The first-order chi connectivity index (χ1) is 11.1. The SMILES string of the molecule is COc1cc(CP(C(C)C)C(C)C)nc(CP(C(C)C)C(C)C)c1. The van der Waals surface area contributed by atoms with Crippen LogP contribution in [0.5, 0.6) is 5.75 Å². The summed E-state index contributed by atoms with van der Waals surface area (Å²) in [4.78, 5) is 5.04. The second-order valence-corrected chi connectivity index (χ2v) is 14.5. The number of aromatic nitrogens is 1. The van der Waals surface area contributed by atoms with E-state index < -0.39 is 0 Å². The number of nitrogens with zero attached hydrogens (tertiary/aromatic N) is 1. The van der Waals surface area contributed by atoms with E-state index in [-0.39, 0.29) is 15.8 Å². The van der Waals surface area contributed by atoms with E-state index in [2.05, 4.69) is 67.5 Å². The van der Waals surface area contributed by atoms with Crippen LogP contribution in [0.3, 0.4) is 0 Å². The minimum atomic E-state index is -0.0427. The molecule has 0 aliphatic heterocycles. The maximum atomic E-state index is 5.57. The average molecular weight is 369 g/mol. The minimum Gasteiger partial charge on any atom is -0.497 e. The Morgan fingerprint density at radius 3 is 1.33 bits per heavy atom. The second-order valence-electron chi connectivity index (χ2n) is 7.71. The van der Waals surface area contributed by atoms with Crippen molar-refractivity contribution in [2.75, 3.05) is 7.11 Å². The number of pyridine rings is 1. The molecule has 24 heavy (non-hydrogen) atoms. The van der Waals surface area contributed by atoms with Crippen LogP contribution in [0.2, 0.25) is 0 Å². The summed E-state index contributed by atoms with van der Waals surface area (Å²) in [6, 6.07) is 4.30. The molecule has 1 heterocycles. The van der Waals surface area contributed by atoms with Crippen LogP contribution in [0.4, 0.5) is 0 Å². The Bertz CT molecular complexity index is 444. The van der Waals surface area contributed by atoms with Crippen LogP contribution in [0.15, 0.2) is 12.1 Å². The zero-order valence-electron chi connectivity index (χ0n) is 17.1. The fraction of sp³-hybridized carbons (Fsp3) is 0.750. The minimum absolute atomic E-state index is 0.0427. The van der Waals surface area contributed by atoms with Crippen LogP contribution in [0, 0.1) is 0 Å². The highest BCUT2D eigenvalue weighted by molar-refractivity contribution is 7.58. The van der Waals surface area contributed by atoms with Crippen LogP contribution in [-0.4, -0.2) is 34.7 Å². The van der Waals surface area contributed by atoms with Crippen LogP contribution < -0.4 is 4.74 Å². The highest BCUT2D eigenvalue weighted by Crippen LogP contribution is 2.50. The molecule has 0 amide bonds. The molecule has 4 heteroatoms. The van der Waals surface area contributed by atoms with Gasteiger partial charge < -0.3 is 4.74 Å². The molecule has 0 radical (unpaired) electrons. The van der Waals surface area contributed by atoms with Crippen molar-refractivity contribution in [3.05, 3.63) is 23.5 Å². The summed E-state index contributed by atoms with van der Waals surface area (Å²) in [6.45, 7) is 18.8. The van der Waals surface area contributed by atoms with E-state index in [1.165, 1.54) is 11.4 Å². The fourth-order valence-corrected chi connectivity index (χ4v) is 8.11. The van der Waals surface area contributed by atoms with E-state index in [9.17, 15) is 0 Å². The normalized spacial score (nSPS) is 12.5. The van der Waals surface area contributed by atoms with Crippen LogP contribution in [0.25, 0.3) is 0 Å². The van der Waals surface area contributed by atoms with E-state index in [0.29, 0.717) is 0 Å². The Balaban J connectivity index is 3.07. The number of hydrogen-bond acceptors (Lipinski definition) is 2. The Morgan fingerprint density at radius 2 is 1.08 bits per heavy atom.